The van der Waals surface area contributed by atoms with Crippen molar-refractivity contribution in [3.8, 4) is 5.75 Å². The quantitative estimate of drug-likeness (QED) is 0.756. The number of benzene rings is 2. The number of carbonyl (C=O) groups excluding carboxylic acids is 2. The third kappa shape index (κ3) is 5.62. The molecular formula is C20H22Cl2N2O3. The lowest BCUT2D eigenvalue weighted by molar-refractivity contribution is -0.142. The zero-order valence-corrected chi connectivity index (χ0v) is 17.0. The van der Waals surface area contributed by atoms with Gasteiger partial charge in [-0.25, -0.2) is 0 Å². The maximum absolute atomic E-state index is 12.8. The molecule has 0 heterocycles. The molecule has 0 unspecified atom stereocenters. The second kappa shape index (κ2) is 9.62. The number of hydrogen-bond acceptors (Lipinski definition) is 3. The summed E-state index contributed by atoms with van der Waals surface area (Å²) in [5, 5.41) is 3.43. The number of nitrogens with one attached hydrogen (secondary N) is 1. The summed E-state index contributed by atoms with van der Waals surface area (Å²) in [5.41, 5.74) is 1.61. The van der Waals surface area contributed by atoms with E-state index in [0.717, 1.165) is 5.56 Å². The van der Waals surface area contributed by atoms with Crippen LogP contribution in [0.5, 0.6) is 5.75 Å². The van der Waals surface area contributed by atoms with Crippen molar-refractivity contribution in [2.24, 2.45) is 0 Å². The molecule has 0 aliphatic carbocycles. The first-order valence-electron chi connectivity index (χ1n) is 8.47. The molecule has 5 nitrogen and oxygen atoms in total. The first kappa shape index (κ1) is 21.1. The Morgan fingerprint density at radius 3 is 2.37 bits per heavy atom. The number of carbonyl (C=O) groups is 2. The summed E-state index contributed by atoms with van der Waals surface area (Å²) >= 11 is 12.5. The Morgan fingerprint density at radius 1 is 1.15 bits per heavy atom. The van der Waals surface area contributed by atoms with E-state index in [2.05, 4.69) is 5.32 Å². The van der Waals surface area contributed by atoms with Gasteiger partial charge in [-0.3, -0.25) is 9.59 Å². The maximum Gasteiger partial charge on any atom is 0.261 e. The number of rotatable bonds is 7. The summed E-state index contributed by atoms with van der Waals surface area (Å²) in [5.74, 6) is -0.0441. The molecule has 0 aliphatic heterocycles. The molecule has 0 fully saturated rings. The highest BCUT2D eigenvalue weighted by Crippen LogP contribution is 2.26. The van der Waals surface area contributed by atoms with Crippen molar-refractivity contribution in [3.63, 3.8) is 0 Å². The second-order valence-electron chi connectivity index (χ2n) is 6.12. The molecule has 2 amide bonds. The number of nitrogens with zero attached hydrogens (tertiary/aromatic N) is 1. The van der Waals surface area contributed by atoms with Gasteiger partial charge in [-0.1, -0.05) is 41.4 Å². The van der Waals surface area contributed by atoms with Crippen LogP contribution in [0.1, 0.15) is 18.1 Å². The molecule has 0 aromatic heterocycles. The van der Waals surface area contributed by atoms with Crippen LogP contribution in [0.3, 0.4) is 0 Å². The van der Waals surface area contributed by atoms with E-state index in [4.69, 9.17) is 27.9 Å². The second-order valence-corrected chi connectivity index (χ2v) is 6.93. The normalized spacial score (nSPS) is 11.6. The molecule has 2 aromatic rings. The number of aryl methyl sites for hydroxylation is 1. The lowest BCUT2D eigenvalue weighted by Crippen LogP contribution is -2.48. The molecule has 0 radical (unpaired) electrons. The molecule has 144 valence electrons. The van der Waals surface area contributed by atoms with Gasteiger partial charge in [0.2, 0.25) is 5.91 Å². The van der Waals surface area contributed by atoms with Gasteiger partial charge in [0, 0.05) is 29.2 Å². The molecule has 1 N–H and O–H groups in total. The lowest BCUT2D eigenvalue weighted by Gasteiger charge is -2.29. The summed E-state index contributed by atoms with van der Waals surface area (Å²) in [6, 6.07) is 11.8. The fourth-order valence-corrected chi connectivity index (χ4v) is 3.10. The van der Waals surface area contributed by atoms with Crippen LogP contribution in [-0.2, 0) is 16.1 Å². The molecule has 0 saturated heterocycles. The zero-order chi connectivity index (χ0) is 20.0. The predicted octanol–water partition coefficient (Wildman–Crippen LogP) is 3.84. The van der Waals surface area contributed by atoms with Crippen LogP contribution in [0, 0.1) is 6.92 Å². The Morgan fingerprint density at radius 2 is 1.78 bits per heavy atom. The molecule has 1 atom stereocenters. The van der Waals surface area contributed by atoms with E-state index in [1.54, 1.807) is 31.2 Å². The van der Waals surface area contributed by atoms with Crippen molar-refractivity contribution in [1.82, 2.24) is 10.2 Å². The number of likely N-dealkylation sites (N-methyl/N-ethyl adjacent to an activating group) is 1. The molecule has 0 bridgehead atoms. The third-order valence-corrected chi connectivity index (χ3v) is 4.86. The minimum Gasteiger partial charge on any atom is -0.484 e. The van der Waals surface area contributed by atoms with Gasteiger partial charge in [0.25, 0.3) is 5.91 Å². The average Bonchev–Trinajstić information content (AvgIpc) is 2.65. The smallest absolute Gasteiger partial charge is 0.261 e. The minimum absolute atomic E-state index is 0.100. The van der Waals surface area contributed by atoms with Crippen molar-refractivity contribution in [1.29, 1.82) is 0 Å². The predicted molar refractivity (Wildman–Crippen MR) is 107 cm³/mol. The molecule has 0 saturated carbocycles. The standard InChI is InChI=1S/C20H22Cl2N2O3/c1-13-6-4-7-15(10-13)27-12-19(25)24(14(2)20(26)23-3)11-16-17(21)8-5-9-18(16)22/h4-10,14H,11-12H2,1-3H3,(H,23,26)/t14-/m1/s1. The topological polar surface area (TPSA) is 58.6 Å². The van der Waals surface area contributed by atoms with Gasteiger partial charge in [0.1, 0.15) is 11.8 Å². The van der Waals surface area contributed by atoms with Crippen LogP contribution in [0.2, 0.25) is 10.0 Å². The first-order chi connectivity index (χ1) is 12.8. The van der Waals surface area contributed by atoms with Gasteiger partial charge in [0.15, 0.2) is 6.61 Å². The van der Waals surface area contributed by atoms with Crippen LogP contribution in [0.4, 0.5) is 0 Å². The Hall–Kier alpha value is -2.24. The summed E-state index contributed by atoms with van der Waals surface area (Å²) in [7, 11) is 1.52. The van der Waals surface area contributed by atoms with E-state index < -0.39 is 6.04 Å². The maximum atomic E-state index is 12.8. The van der Waals surface area contributed by atoms with Crippen molar-refractivity contribution < 1.29 is 14.3 Å². The monoisotopic (exact) mass is 408 g/mol. The van der Waals surface area contributed by atoms with Gasteiger partial charge in [-0.05, 0) is 43.7 Å². The van der Waals surface area contributed by atoms with Crippen molar-refractivity contribution in [2.45, 2.75) is 26.4 Å². The van der Waals surface area contributed by atoms with Crippen LogP contribution in [-0.4, -0.2) is 36.4 Å². The van der Waals surface area contributed by atoms with Gasteiger partial charge in [0.05, 0.1) is 0 Å². The zero-order valence-electron chi connectivity index (χ0n) is 15.5. The Bertz CT molecular complexity index is 806. The fourth-order valence-electron chi connectivity index (χ4n) is 2.58. The molecule has 0 aliphatic rings. The highest BCUT2D eigenvalue weighted by molar-refractivity contribution is 6.36. The van der Waals surface area contributed by atoms with Crippen LogP contribution >= 0.6 is 23.2 Å². The van der Waals surface area contributed by atoms with Crippen LogP contribution < -0.4 is 10.1 Å². The minimum atomic E-state index is -0.712. The highest BCUT2D eigenvalue weighted by Gasteiger charge is 2.27. The number of halogens is 2. The SMILES string of the molecule is CNC(=O)[C@@H](C)N(Cc1c(Cl)cccc1Cl)C(=O)COc1cccc(C)c1. The van der Waals surface area contributed by atoms with Crippen molar-refractivity contribution in [2.75, 3.05) is 13.7 Å². The Kier molecular flexibility index (Phi) is 7.51. The summed E-state index contributed by atoms with van der Waals surface area (Å²) in [4.78, 5) is 26.4. The van der Waals surface area contributed by atoms with Gasteiger partial charge >= 0.3 is 0 Å². The van der Waals surface area contributed by atoms with Gasteiger partial charge in [-0.2, -0.15) is 0 Å². The molecule has 2 rings (SSSR count). The van der Waals surface area contributed by atoms with Crippen LogP contribution in [0.25, 0.3) is 0 Å². The summed E-state index contributed by atoms with van der Waals surface area (Å²) < 4.78 is 5.60. The van der Waals surface area contributed by atoms with E-state index in [-0.39, 0.29) is 25.0 Å². The number of amides is 2. The Balaban J connectivity index is 2.21. The lowest BCUT2D eigenvalue weighted by atomic mass is 10.1. The Labute approximate surface area is 169 Å². The molecule has 7 heteroatoms. The number of hydrogen-bond donors (Lipinski definition) is 1. The van der Waals surface area contributed by atoms with Gasteiger partial charge in [-0.15, -0.1) is 0 Å². The molecule has 27 heavy (non-hydrogen) atoms. The molecular weight excluding hydrogens is 387 g/mol. The van der Waals surface area contributed by atoms with Crippen molar-refractivity contribution in [3.05, 3.63) is 63.6 Å². The highest BCUT2D eigenvalue weighted by atomic mass is 35.5. The first-order valence-corrected chi connectivity index (χ1v) is 9.22. The third-order valence-electron chi connectivity index (χ3n) is 4.16. The summed E-state index contributed by atoms with van der Waals surface area (Å²) in [6.07, 6.45) is 0. The van der Waals surface area contributed by atoms with E-state index in [1.807, 2.05) is 25.1 Å². The van der Waals surface area contributed by atoms with Crippen LogP contribution in [0.15, 0.2) is 42.5 Å². The largest absolute Gasteiger partial charge is 0.484 e. The van der Waals surface area contributed by atoms with E-state index >= 15 is 0 Å². The molecule has 2 aromatic carbocycles. The van der Waals surface area contributed by atoms with E-state index in [1.165, 1.54) is 11.9 Å². The molecule has 0 spiro atoms. The van der Waals surface area contributed by atoms with Crippen molar-refractivity contribution >= 4 is 35.0 Å². The van der Waals surface area contributed by atoms with Gasteiger partial charge < -0.3 is 15.0 Å². The van der Waals surface area contributed by atoms with E-state index in [0.29, 0.717) is 21.4 Å². The average molecular weight is 409 g/mol. The summed E-state index contributed by atoms with van der Waals surface area (Å²) in [6.45, 7) is 3.48. The fraction of sp³-hybridized carbons (Fsp3) is 0.300. The van der Waals surface area contributed by atoms with E-state index in [9.17, 15) is 9.59 Å². The number of ether oxygens (including phenoxy) is 1.